The Morgan fingerprint density at radius 3 is 2.81 bits per heavy atom. The zero-order chi connectivity index (χ0) is 15.1. The molecule has 0 aliphatic carbocycles. The van der Waals surface area contributed by atoms with Gasteiger partial charge in [0.25, 0.3) is 0 Å². The molecule has 3 N–H and O–H groups in total. The number of hydrogen-bond acceptors (Lipinski definition) is 5. The molecule has 0 aliphatic heterocycles. The lowest BCUT2D eigenvalue weighted by Crippen LogP contribution is -2.20. The molecule has 0 atom stereocenters. The fourth-order valence-corrected chi connectivity index (χ4v) is 1.80. The van der Waals surface area contributed by atoms with Gasteiger partial charge in [-0.25, -0.2) is 9.97 Å². The van der Waals surface area contributed by atoms with Crippen LogP contribution in [0.25, 0.3) is 0 Å². The van der Waals surface area contributed by atoms with Crippen molar-refractivity contribution in [2.24, 2.45) is 5.41 Å². The maximum absolute atomic E-state index is 4.46. The normalized spacial score (nSPS) is 11.4. The number of aromatic nitrogens is 4. The summed E-state index contributed by atoms with van der Waals surface area (Å²) in [6.07, 6.45) is 7.35. The summed E-state index contributed by atoms with van der Waals surface area (Å²) in [5.41, 5.74) is 1.36. The summed E-state index contributed by atoms with van der Waals surface area (Å²) in [4.78, 5) is 15.8. The zero-order valence-electron chi connectivity index (χ0n) is 13.0. The largest absolute Gasteiger partial charge is 0.370 e. The van der Waals surface area contributed by atoms with Gasteiger partial charge in [-0.3, -0.25) is 0 Å². The number of H-pyrrole nitrogens is 1. The van der Waals surface area contributed by atoms with Crippen molar-refractivity contribution in [2.75, 3.05) is 23.7 Å². The van der Waals surface area contributed by atoms with Crippen LogP contribution in [0.3, 0.4) is 0 Å². The van der Waals surface area contributed by atoms with Crippen LogP contribution in [-0.2, 0) is 6.42 Å². The quantitative estimate of drug-likeness (QED) is 0.683. The summed E-state index contributed by atoms with van der Waals surface area (Å²) in [7, 11) is 0. The average Bonchev–Trinajstić information content (AvgIpc) is 2.94. The molecule has 2 aromatic heterocycles. The SMILES string of the molecule is CC(C)(C)CNc1nccc(NCCCc2cnc[nH]2)n1. The van der Waals surface area contributed by atoms with Crippen LogP contribution >= 0.6 is 0 Å². The smallest absolute Gasteiger partial charge is 0.224 e. The number of imidazole rings is 1. The van der Waals surface area contributed by atoms with E-state index >= 15 is 0 Å². The van der Waals surface area contributed by atoms with Gasteiger partial charge in [0.15, 0.2) is 0 Å². The summed E-state index contributed by atoms with van der Waals surface area (Å²) in [6.45, 7) is 8.25. The maximum atomic E-state index is 4.46. The third kappa shape index (κ3) is 5.81. The number of aryl methyl sites for hydroxylation is 1. The predicted octanol–water partition coefficient (Wildman–Crippen LogP) is 2.70. The molecule has 0 saturated carbocycles. The number of aromatic amines is 1. The lowest BCUT2D eigenvalue weighted by atomic mass is 9.97. The van der Waals surface area contributed by atoms with Gasteiger partial charge in [-0.2, -0.15) is 4.98 Å². The Morgan fingerprint density at radius 1 is 1.24 bits per heavy atom. The third-order valence-electron chi connectivity index (χ3n) is 2.92. The first-order valence-electron chi connectivity index (χ1n) is 7.31. The number of anilines is 2. The first-order valence-corrected chi connectivity index (χ1v) is 7.31. The molecule has 0 radical (unpaired) electrons. The van der Waals surface area contributed by atoms with E-state index in [0.717, 1.165) is 37.4 Å². The Balaban J connectivity index is 1.75. The lowest BCUT2D eigenvalue weighted by Gasteiger charge is -2.18. The van der Waals surface area contributed by atoms with E-state index in [1.807, 2.05) is 12.3 Å². The van der Waals surface area contributed by atoms with Crippen LogP contribution in [0.4, 0.5) is 11.8 Å². The molecule has 2 heterocycles. The Hall–Kier alpha value is -2.11. The van der Waals surface area contributed by atoms with Crippen LogP contribution in [0.1, 0.15) is 32.9 Å². The van der Waals surface area contributed by atoms with Crippen LogP contribution in [-0.4, -0.2) is 33.0 Å². The summed E-state index contributed by atoms with van der Waals surface area (Å²) in [5.74, 6) is 1.52. The van der Waals surface area contributed by atoms with Crippen LogP contribution in [0, 0.1) is 5.41 Å². The monoisotopic (exact) mass is 288 g/mol. The van der Waals surface area contributed by atoms with E-state index in [2.05, 4.69) is 51.3 Å². The molecule has 2 aromatic rings. The van der Waals surface area contributed by atoms with Gasteiger partial charge in [-0.1, -0.05) is 20.8 Å². The Labute approximate surface area is 125 Å². The molecular weight excluding hydrogens is 264 g/mol. The molecular formula is C15H24N6. The predicted molar refractivity (Wildman–Crippen MR) is 85.4 cm³/mol. The van der Waals surface area contributed by atoms with Crippen molar-refractivity contribution >= 4 is 11.8 Å². The molecule has 0 saturated heterocycles. The average molecular weight is 288 g/mol. The molecule has 0 unspecified atom stereocenters. The standard InChI is InChI=1S/C15H24N6/c1-15(2,3)10-19-14-18-8-6-13(21-14)17-7-4-5-12-9-16-11-20-12/h6,8-9,11H,4-5,7,10H2,1-3H3,(H,16,20)(H2,17,18,19,21). The Bertz CT molecular complexity index is 529. The van der Waals surface area contributed by atoms with E-state index in [4.69, 9.17) is 0 Å². The van der Waals surface area contributed by atoms with Gasteiger partial charge >= 0.3 is 0 Å². The highest BCUT2D eigenvalue weighted by Gasteiger charge is 2.10. The van der Waals surface area contributed by atoms with E-state index in [1.165, 1.54) is 0 Å². The van der Waals surface area contributed by atoms with Crippen molar-refractivity contribution in [3.63, 3.8) is 0 Å². The molecule has 114 valence electrons. The fraction of sp³-hybridized carbons (Fsp3) is 0.533. The van der Waals surface area contributed by atoms with Crippen molar-refractivity contribution in [1.29, 1.82) is 0 Å². The molecule has 0 aliphatic rings. The van der Waals surface area contributed by atoms with Gasteiger partial charge in [0.2, 0.25) is 5.95 Å². The minimum atomic E-state index is 0.205. The van der Waals surface area contributed by atoms with Gasteiger partial charge in [0, 0.05) is 31.2 Å². The lowest BCUT2D eigenvalue weighted by molar-refractivity contribution is 0.442. The second-order valence-corrected chi connectivity index (χ2v) is 6.29. The first-order chi connectivity index (χ1) is 10.0. The van der Waals surface area contributed by atoms with Crippen molar-refractivity contribution in [3.05, 3.63) is 30.5 Å². The summed E-state index contributed by atoms with van der Waals surface area (Å²) in [5, 5.41) is 6.58. The minimum Gasteiger partial charge on any atom is -0.370 e. The maximum Gasteiger partial charge on any atom is 0.224 e. The minimum absolute atomic E-state index is 0.205. The van der Waals surface area contributed by atoms with Gasteiger partial charge in [0.1, 0.15) is 5.82 Å². The number of rotatable bonds is 7. The second-order valence-electron chi connectivity index (χ2n) is 6.29. The molecule has 6 heteroatoms. The molecule has 0 fully saturated rings. The molecule has 0 amide bonds. The Kier molecular flexibility index (Phi) is 5.14. The van der Waals surface area contributed by atoms with E-state index < -0.39 is 0 Å². The van der Waals surface area contributed by atoms with Crippen molar-refractivity contribution in [3.8, 4) is 0 Å². The highest BCUT2D eigenvalue weighted by atomic mass is 15.1. The topological polar surface area (TPSA) is 78.5 Å². The third-order valence-corrected chi connectivity index (χ3v) is 2.92. The van der Waals surface area contributed by atoms with Crippen molar-refractivity contribution in [2.45, 2.75) is 33.6 Å². The van der Waals surface area contributed by atoms with E-state index in [1.54, 1.807) is 12.5 Å². The van der Waals surface area contributed by atoms with E-state index in [9.17, 15) is 0 Å². The molecule has 21 heavy (non-hydrogen) atoms. The zero-order valence-corrected chi connectivity index (χ0v) is 13.0. The van der Waals surface area contributed by atoms with Crippen molar-refractivity contribution < 1.29 is 0 Å². The van der Waals surface area contributed by atoms with E-state index in [0.29, 0.717) is 5.95 Å². The van der Waals surface area contributed by atoms with Crippen LogP contribution in [0.15, 0.2) is 24.8 Å². The molecule has 6 nitrogen and oxygen atoms in total. The first kappa shape index (κ1) is 15.3. The van der Waals surface area contributed by atoms with Gasteiger partial charge in [-0.15, -0.1) is 0 Å². The molecule has 2 rings (SSSR count). The van der Waals surface area contributed by atoms with Crippen LogP contribution in [0.2, 0.25) is 0 Å². The van der Waals surface area contributed by atoms with Gasteiger partial charge in [0.05, 0.1) is 6.33 Å². The summed E-state index contributed by atoms with van der Waals surface area (Å²) >= 11 is 0. The number of nitrogens with one attached hydrogen (secondary N) is 3. The Morgan fingerprint density at radius 2 is 2.10 bits per heavy atom. The van der Waals surface area contributed by atoms with Crippen LogP contribution in [0.5, 0.6) is 0 Å². The highest BCUT2D eigenvalue weighted by Crippen LogP contribution is 2.14. The van der Waals surface area contributed by atoms with E-state index in [-0.39, 0.29) is 5.41 Å². The highest BCUT2D eigenvalue weighted by molar-refractivity contribution is 5.39. The molecule has 0 aromatic carbocycles. The summed E-state index contributed by atoms with van der Waals surface area (Å²) in [6, 6.07) is 1.89. The number of hydrogen-bond donors (Lipinski definition) is 3. The van der Waals surface area contributed by atoms with Gasteiger partial charge in [-0.05, 0) is 24.3 Å². The molecule has 0 bridgehead atoms. The van der Waals surface area contributed by atoms with Crippen LogP contribution < -0.4 is 10.6 Å². The van der Waals surface area contributed by atoms with Gasteiger partial charge < -0.3 is 15.6 Å². The number of nitrogens with zero attached hydrogens (tertiary/aromatic N) is 3. The second kappa shape index (κ2) is 7.06. The summed E-state index contributed by atoms with van der Waals surface area (Å²) < 4.78 is 0. The van der Waals surface area contributed by atoms with Crippen molar-refractivity contribution in [1.82, 2.24) is 19.9 Å². The molecule has 0 spiro atoms. The fourth-order valence-electron chi connectivity index (χ4n) is 1.80.